The van der Waals surface area contributed by atoms with Gasteiger partial charge in [-0.05, 0) is 32.3 Å². The fourth-order valence-corrected chi connectivity index (χ4v) is 1.89. The Morgan fingerprint density at radius 1 is 1.33 bits per heavy atom. The molecule has 0 fully saturated rings. The molecule has 0 aliphatic carbocycles. The average molecular weight is 249 g/mol. The molecule has 1 rings (SSSR count). The third kappa shape index (κ3) is 3.57. The van der Waals surface area contributed by atoms with Gasteiger partial charge in [0, 0.05) is 12.6 Å². The van der Waals surface area contributed by atoms with Gasteiger partial charge < -0.3 is 10.4 Å². The molecular formula is C15H23NO2. The molecule has 1 unspecified atom stereocenters. The lowest BCUT2D eigenvalue weighted by Crippen LogP contribution is -2.45. The fourth-order valence-electron chi connectivity index (χ4n) is 1.89. The van der Waals surface area contributed by atoms with Crippen LogP contribution in [0.3, 0.4) is 0 Å². The maximum Gasteiger partial charge on any atom is 0.230 e. The van der Waals surface area contributed by atoms with Gasteiger partial charge in [0.05, 0.1) is 5.41 Å². The Labute approximate surface area is 109 Å². The molecule has 1 amide bonds. The summed E-state index contributed by atoms with van der Waals surface area (Å²) in [5, 5.41) is 12.0. The van der Waals surface area contributed by atoms with Crippen molar-refractivity contribution >= 4 is 5.91 Å². The smallest absolute Gasteiger partial charge is 0.230 e. The minimum atomic E-state index is -0.551. The van der Waals surface area contributed by atoms with Crippen molar-refractivity contribution in [2.75, 3.05) is 6.61 Å². The van der Waals surface area contributed by atoms with Crippen LogP contribution in [0, 0.1) is 0 Å². The number of benzene rings is 1. The molecule has 0 aromatic heterocycles. The number of hydrogen-bond acceptors (Lipinski definition) is 2. The molecule has 100 valence electrons. The molecule has 18 heavy (non-hydrogen) atoms. The Kier molecular flexibility index (Phi) is 5.35. The second-order valence-electron chi connectivity index (χ2n) is 5.08. The molecule has 0 spiro atoms. The standard InChI is InChI=1S/C15H23NO2/c1-4-13(10-11-17)16-14(18)15(2,3)12-8-6-5-7-9-12/h5-9,13,17H,4,10-11H2,1-3H3,(H,16,18). The van der Waals surface area contributed by atoms with E-state index in [1.54, 1.807) is 0 Å². The third-order valence-electron chi connectivity index (χ3n) is 3.37. The van der Waals surface area contributed by atoms with Gasteiger partial charge in [0.25, 0.3) is 0 Å². The number of aliphatic hydroxyl groups is 1. The molecule has 0 heterocycles. The van der Waals surface area contributed by atoms with Crippen molar-refractivity contribution in [3.8, 4) is 0 Å². The van der Waals surface area contributed by atoms with Crippen molar-refractivity contribution < 1.29 is 9.90 Å². The van der Waals surface area contributed by atoms with Gasteiger partial charge in [-0.2, -0.15) is 0 Å². The summed E-state index contributed by atoms with van der Waals surface area (Å²) in [7, 11) is 0. The van der Waals surface area contributed by atoms with E-state index in [4.69, 9.17) is 5.11 Å². The average Bonchev–Trinajstić information content (AvgIpc) is 2.39. The molecule has 0 saturated heterocycles. The fraction of sp³-hybridized carbons (Fsp3) is 0.533. The molecule has 3 nitrogen and oxygen atoms in total. The van der Waals surface area contributed by atoms with E-state index in [9.17, 15) is 4.79 Å². The first-order chi connectivity index (χ1) is 8.52. The number of aliphatic hydroxyl groups excluding tert-OH is 1. The second kappa shape index (κ2) is 6.55. The van der Waals surface area contributed by atoms with Crippen LogP contribution in [0.5, 0.6) is 0 Å². The topological polar surface area (TPSA) is 49.3 Å². The molecular weight excluding hydrogens is 226 g/mol. The Morgan fingerprint density at radius 3 is 2.44 bits per heavy atom. The lowest BCUT2D eigenvalue weighted by molar-refractivity contribution is -0.126. The van der Waals surface area contributed by atoms with Gasteiger partial charge in [0.2, 0.25) is 5.91 Å². The van der Waals surface area contributed by atoms with Crippen LogP contribution in [0.4, 0.5) is 0 Å². The first kappa shape index (κ1) is 14.7. The van der Waals surface area contributed by atoms with Crippen LogP contribution >= 0.6 is 0 Å². The summed E-state index contributed by atoms with van der Waals surface area (Å²) in [5.41, 5.74) is 0.450. The molecule has 0 radical (unpaired) electrons. The van der Waals surface area contributed by atoms with Gasteiger partial charge >= 0.3 is 0 Å². The van der Waals surface area contributed by atoms with Gasteiger partial charge in [-0.25, -0.2) is 0 Å². The lowest BCUT2D eigenvalue weighted by Gasteiger charge is -2.27. The number of carbonyl (C=O) groups excluding carboxylic acids is 1. The normalized spacial score (nSPS) is 13.1. The molecule has 0 aliphatic heterocycles. The van der Waals surface area contributed by atoms with Gasteiger partial charge in [0.1, 0.15) is 0 Å². The van der Waals surface area contributed by atoms with E-state index in [0.717, 1.165) is 12.0 Å². The second-order valence-corrected chi connectivity index (χ2v) is 5.08. The summed E-state index contributed by atoms with van der Waals surface area (Å²) in [6.45, 7) is 5.95. The quantitative estimate of drug-likeness (QED) is 0.812. The molecule has 0 aliphatic rings. The first-order valence-corrected chi connectivity index (χ1v) is 6.49. The molecule has 0 bridgehead atoms. The molecule has 0 saturated carbocycles. The summed E-state index contributed by atoms with van der Waals surface area (Å²) in [5.74, 6) is 0.00833. The van der Waals surface area contributed by atoms with Gasteiger partial charge in [0.15, 0.2) is 0 Å². The number of amides is 1. The molecule has 3 heteroatoms. The summed E-state index contributed by atoms with van der Waals surface area (Å²) in [6, 6.07) is 9.80. The zero-order valence-electron chi connectivity index (χ0n) is 11.4. The van der Waals surface area contributed by atoms with Crippen LogP contribution in [0.25, 0.3) is 0 Å². The maximum atomic E-state index is 12.3. The van der Waals surface area contributed by atoms with Crippen molar-refractivity contribution in [3.05, 3.63) is 35.9 Å². The monoisotopic (exact) mass is 249 g/mol. The van der Waals surface area contributed by atoms with Crippen molar-refractivity contribution in [2.24, 2.45) is 0 Å². The van der Waals surface area contributed by atoms with Crippen LogP contribution in [-0.4, -0.2) is 23.7 Å². The van der Waals surface area contributed by atoms with E-state index in [1.807, 2.05) is 51.1 Å². The molecule has 2 N–H and O–H groups in total. The SMILES string of the molecule is CCC(CCO)NC(=O)C(C)(C)c1ccccc1. The number of rotatable bonds is 6. The van der Waals surface area contributed by atoms with Crippen molar-refractivity contribution in [2.45, 2.75) is 45.1 Å². The predicted octanol–water partition coefficient (Wildman–Crippen LogP) is 2.24. The number of carbonyl (C=O) groups is 1. The Hall–Kier alpha value is -1.35. The van der Waals surface area contributed by atoms with Crippen LogP contribution in [0.15, 0.2) is 30.3 Å². The van der Waals surface area contributed by atoms with E-state index in [0.29, 0.717) is 6.42 Å². The van der Waals surface area contributed by atoms with Crippen LogP contribution in [-0.2, 0) is 10.2 Å². The largest absolute Gasteiger partial charge is 0.396 e. The number of nitrogens with one attached hydrogen (secondary N) is 1. The minimum absolute atomic E-state index is 0.00833. The van der Waals surface area contributed by atoms with Crippen LogP contribution in [0.1, 0.15) is 39.2 Å². The van der Waals surface area contributed by atoms with Crippen LogP contribution in [0.2, 0.25) is 0 Å². The Bertz CT molecular complexity index is 373. The summed E-state index contributed by atoms with van der Waals surface area (Å²) in [4.78, 5) is 12.3. The molecule has 1 atom stereocenters. The molecule has 1 aromatic rings. The predicted molar refractivity (Wildman–Crippen MR) is 73.4 cm³/mol. The van der Waals surface area contributed by atoms with E-state index in [2.05, 4.69) is 5.32 Å². The van der Waals surface area contributed by atoms with Gasteiger partial charge in [-0.1, -0.05) is 37.3 Å². The zero-order valence-corrected chi connectivity index (χ0v) is 11.4. The van der Waals surface area contributed by atoms with Gasteiger partial charge in [-0.15, -0.1) is 0 Å². The van der Waals surface area contributed by atoms with Crippen molar-refractivity contribution in [3.63, 3.8) is 0 Å². The third-order valence-corrected chi connectivity index (χ3v) is 3.37. The highest BCUT2D eigenvalue weighted by Crippen LogP contribution is 2.23. The number of hydrogen-bond donors (Lipinski definition) is 2. The van der Waals surface area contributed by atoms with E-state index < -0.39 is 5.41 Å². The summed E-state index contributed by atoms with van der Waals surface area (Å²) >= 11 is 0. The maximum absolute atomic E-state index is 12.3. The van der Waals surface area contributed by atoms with E-state index in [1.165, 1.54) is 0 Å². The van der Waals surface area contributed by atoms with Crippen LogP contribution < -0.4 is 5.32 Å². The summed E-state index contributed by atoms with van der Waals surface area (Å²) in [6.07, 6.45) is 1.43. The van der Waals surface area contributed by atoms with Gasteiger partial charge in [-0.3, -0.25) is 4.79 Å². The minimum Gasteiger partial charge on any atom is -0.396 e. The lowest BCUT2D eigenvalue weighted by atomic mass is 9.83. The Balaban J connectivity index is 2.76. The first-order valence-electron chi connectivity index (χ1n) is 6.49. The van der Waals surface area contributed by atoms with E-state index >= 15 is 0 Å². The van der Waals surface area contributed by atoms with Crippen molar-refractivity contribution in [1.82, 2.24) is 5.32 Å². The van der Waals surface area contributed by atoms with E-state index in [-0.39, 0.29) is 18.6 Å². The highest BCUT2D eigenvalue weighted by Gasteiger charge is 2.30. The molecule has 1 aromatic carbocycles. The highest BCUT2D eigenvalue weighted by atomic mass is 16.3. The Morgan fingerprint density at radius 2 is 1.94 bits per heavy atom. The summed E-state index contributed by atoms with van der Waals surface area (Å²) < 4.78 is 0. The zero-order chi connectivity index (χ0) is 13.6. The highest BCUT2D eigenvalue weighted by molar-refractivity contribution is 5.87. The van der Waals surface area contributed by atoms with Crippen molar-refractivity contribution in [1.29, 1.82) is 0 Å².